The molecule has 1 aromatic carbocycles. The minimum absolute atomic E-state index is 0.101. The molecule has 1 amide bonds. The lowest BCUT2D eigenvalue weighted by atomic mass is 10.2. The van der Waals surface area contributed by atoms with Crippen molar-refractivity contribution < 1.29 is 22.8 Å². The van der Waals surface area contributed by atoms with Crippen LogP contribution in [0.15, 0.2) is 33.7 Å². The molecule has 0 fully saturated rings. The quantitative estimate of drug-likeness (QED) is 0.712. The number of amides is 1. The van der Waals surface area contributed by atoms with E-state index in [-0.39, 0.29) is 27.7 Å². The summed E-state index contributed by atoms with van der Waals surface area (Å²) in [6.45, 7) is 2.92. The van der Waals surface area contributed by atoms with Gasteiger partial charge in [-0.2, -0.15) is 0 Å². The van der Waals surface area contributed by atoms with Gasteiger partial charge < -0.3 is 9.63 Å². The number of carbonyl (C=O) groups is 1. The second-order valence-corrected chi connectivity index (χ2v) is 5.88. The summed E-state index contributed by atoms with van der Waals surface area (Å²) in [6, 6.07) is 5.50. The Kier molecular flexibility index (Phi) is 3.96. The van der Waals surface area contributed by atoms with E-state index in [0.717, 1.165) is 0 Å². The number of sulfonamides is 1. The van der Waals surface area contributed by atoms with Gasteiger partial charge in [-0.05, 0) is 32.0 Å². The van der Waals surface area contributed by atoms with Crippen LogP contribution in [0.25, 0.3) is 0 Å². The summed E-state index contributed by atoms with van der Waals surface area (Å²) >= 11 is 0. The number of hydrogen-bond donors (Lipinski definition) is 3. The number of benzene rings is 1. The molecule has 1 heterocycles. The van der Waals surface area contributed by atoms with E-state index in [1.807, 2.05) is 4.83 Å². The Bertz CT molecular complexity index is 762. The molecule has 1 aromatic heterocycles. The number of phenols is 1. The number of nitrogens with zero attached hydrogens (tertiary/aromatic N) is 1. The van der Waals surface area contributed by atoms with Gasteiger partial charge in [-0.25, -0.2) is 8.42 Å². The smallest absolute Gasteiger partial charge is 0.266 e. The van der Waals surface area contributed by atoms with Crippen LogP contribution >= 0.6 is 0 Å². The molecule has 0 aliphatic heterocycles. The van der Waals surface area contributed by atoms with Gasteiger partial charge in [0.1, 0.15) is 16.3 Å². The maximum atomic E-state index is 12.1. The number of rotatable bonds is 4. The van der Waals surface area contributed by atoms with Gasteiger partial charge in [0.05, 0.1) is 0 Å². The molecule has 0 saturated heterocycles. The maximum absolute atomic E-state index is 12.1. The van der Waals surface area contributed by atoms with Crippen LogP contribution in [0, 0.1) is 13.8 Å². The molecule has 112 valence electrons. The molecule has 0 aliphatic carbocycles. The van der Waals surface area contributed by atoms with Gasteiger partial charge in [-0.15, -0.1) is 4.83 Å². The Morgan fingerprint density at radius 1 is 1.33 bits per heavy atom. The highest BCUT2D eigenvalue weighted by molar-refractivity contribution is 7.89. The van der Waals surface area contributed by atoms with Crippen molar-refractivity contribution in [3.8, 4) is 5.75 Å². The summed E-state index contributed by atoms with van der Waals surface area (Å²) in [6.07, 6.45) is 0. The van der Waals surface area contributed by atoms with Crippen LogP contribution in [0.2, 0.25) is 0 Å². The van der Waals surface area contributed by atoms with Crippen molar-refractivity contribution in [1.82, 2.24) is 15.4 Å². The van der Waals surface area contributed by atoms with Gasteiger partial charge in [0, 0.05) is 5.56 Å². The third-order valence-electron chi connectivity index (χ3n) is 2.64. The minimum Gasteiger partial charge on any atom is -0.508 e. The molecule has 0 radical (unpaired) electrons. The average Bonchev–Trinajstić information content (AvgIpc) is 2.76. The van der Waals surface area contributed by atoms with E-state index < -0.39 is 15.9 Å². The van der Waals surface area contributed by atoms with Crippen LogP contribution in [0.4, 0.5) is 0 Å². The molecule has 2 aromatic rings. The summed E-state index contributed by atoms with van der Waals surface area (Å²) in [5.41, 5.74) is 2.35. The van der Waals surface area contributed by atoms with E-state index in [9.17, 15) is 18.3 Å². The van der Waals surface area contributed by atoms with Gasteiger partial charge in [-0.3, -0.25) is 10.2 Å². The van der Waals surface area contributed by atoms with Crippen LogP contribution in [-0.2, 0) is 10.0 Å². The Morgan fingerprint density at radius 2 is 2.05 bits per heavy atom. The lowest BCUT2D eigenvalue weighted by Gasteiger charge is -2.08. The minimum atomic E-state index is -3.99. The van der Waals surface area contributed by atoms with Crippen molar-refractivity contribution in [2.45, 2.75) is 18.7 Å². The van der Waals surface area contributed by atoms with Crippen molar-refractivity contribution in [1.29, 1.82) is 0 Å². The van der Waals surface area contributed by atoms with E-state index in [4.69, 9.17) is 4.52 Å². The summed E-state index contributed by atoms with van der Waals surface area (Å²) in [4.78, 5) is 13.6. The second kappa shape index (κ2) is 5.54. The molecule has 0 saturated carbocycles. The van der Waals surface area contributed by atoms with Gasteiger partial charge in [0.2, 0.25) is 0 Å². The molecule has 8 nitrogen and oxygen atoms in total. The second-order valence-electron chi connectivity index (χ2n) is 4.26. The lowest BCUT2D eigenvalue weighted by Crippen LogP contribution is -2.41. The van der Waals surface area contributed by atoms with Crippen LogP contribution in [0.3, 0.4) is 0 Å². The fourth-order valence-corrected chi connectivity index (χ4v) is 2.91. The molecule has 9 heteroatoms. The first-order valence-corrected chi connectivity index (χ1v) is 7.33. The predicted molar refractivity (Wildman–Crippen MR) is 71.9 cm³/mol. The van der Waals surface area contributed by atoms with Crippen molar-refractivity contribution in [2.75, 3.05) is 0 Å². The molecule has 0 aliphatic rings. The molecule has 0 atom stereocenters. The molecular weight excluding hydrogens is 298 g/mol. The summed E-state index contributed by atoms with van der Waals surface area (Å²) in [5.74, 6) is -0.691. The molecule has 3 N–H and O–H groups in total. The van der Waals surface area contributed by atoms with E-state index >= 15 is 0 Å². The van der Waals surface area contributed by atoms with E-state index in [1.165, 1.54) is 38.1 Å². The highest BCUT2D eigenvalue weighted by Crippen LogP contribution is 2.18. The highest BCUT2D eigenvalue weighted by Gasteiger charge is 2.24. The normalized spacial score (nSPS) is 11.3. The largest absolute Gasteiger partial charge is 0.508 e. The molecule has 0 unspecified atom stereocenters. The number of hydrazine groups is 1. The number of aromatic hydroxyl groups is 1. The van der Waals surface area contributed by atoms with Gasteiger partial charge in [0.15, 0.2) is 5.76 Å². The van der Waals surface area contributed by atoms with E-state index in [1.54, 1.807) is 0 Å². The molecule has 21 heavy (non-hydrogen) atoms. The first-order valence-electron chi connectivity index (χ1n) is 5.85. The van der Waals surface area contributed by atoms with Gasteiger partial charge >= 0.3 is 0 Å². The number of aryl methyl sites for hydroxylation is 2. The van der Waals surface area contributed by atoms with Gasteiger partial charge in [-0.1, -0.05) is 11.2 Å². The monoisotopic (exact) mass is 311 g/mol. The number of nitrogens with one attached hydrogen (secondary N) is 2. The molecular formula is C12H13N3O5S. The number of hydrogen-bond acceptors (Lipinski definition) is 6. The average molecular weight is 311 g/mol. The summed E-state index contributed by atoms with van der Waals surface area (Å²) in [7, 11) is -3.99. The highest BCUT2D eigenvalue weighted by atomic mass is 32.2. The van der Waals surface area contributed by atoms with Crippen molar-refractivity contribution >= 4 is 15.9 Å². The zero-order chi connectivity index (χ0) is 15.6. The van der Waals surface area contributed by atoms with Crippen LogP contribution in [0.5, 0.6) is 5.75 Å². The molecule has 0 bridgehead atoms. The van der Waals surface area contributed by atoms with Crippen molar-refractivity contribution in [3.63, 3.8) is 0 Å². The fourth-order valence-electron chi connectivity index (χ4n) is 1.74. The van der Waals surface area contributed by atoms with Crippen molar-refractivity contribution in [2.24, 2.45) is 0 Å². The summed E-state index contributed by atoms with van der Waals surface area (Å²) < 4.78 is 28.9. The Balaban J connectivity index is 2.14. The van der Waals surface area contributed by atoms with Crippen molar-refractivity contribution in [3.05, 3.63) is 41.3 Å². The topological polar surface area (TPSA) is 122 Å². The number of phenolic OH excluding ortho intramolecular Hbond substituents is 1. The SMILES string of the molecule is Cc1noc(C)c1S(=O)(=O)NNC(=O)c1cccc(O)c1. The zero-order valence-corrected chi connectivity index (χ0v) is 12.1. The van der Waals surface area contributed by atoms with Crippen LogP contribution < -0.4 is 10.3 Å². The Hall–Kier alpha value is -2.39. The Labute approximate surface area is 120 Å². The van der Waals surface area contributed by atoms with Crippen LogP contribution in [0.1, 0.15) is 21.8 Å². The third kappa shape index (κ3) is 3.20. The summed E-state index contributed by atoms with van der Waals surface area (Å²) in [5, 5.41) is 12.8. The number of aromatic nitrogens is 1. The van der Waals surface area contributed by atoms with E-state index in [0.29, 0.717) is 0 Å². The molecule has 0 spiro atoms. The maximum Gasteiger partial charge on any atom is 0.266 e. The van der Waals surface area contributed by atoms with Gasteiger partial charge in [0.25, 0.3) is 15.9 Å². The third-order valence-corrected chi connectivity index (χ3v) is 4.13. The first-order chi connectivity index (χ1) is 9.81. The number of carbonyl (C=O) groups excluding carboxylic acids is 1. The predicted octanol–water partition coefficient (Wildman–Crippen LogP) is 0.620. The zero-order valence-electron chi connectivity index (χ0n) is 11.2. The first kappa shape index (κ1) is 15.0. The fraction of sp³-hybridized carbons (Fsp3) is 0.167. The lowest BCUT2D eigenvalue weighted by molar-refractivity contribution is 0.0944. The molecule has 2 rings (SSSR count). The Morgan fingerprint density at radius 3 is 2.62 bits per heavy atom. The van der Waals surface area contributed by atoms with Crippen LogP contribution in [-0.4, -0.2) is 24.6 Å². The van der Waals surface area contributed by atoms with E-state index in [2.05, 4.69) is 10.6 Å². The standard InChI is InChI=1S/C12H13N3O5S/c1-7-11(8(2)20-14-7)21(18,19)15-13-12(17)9-4-3-5-10(16)6-9/h3-6,15-16H,1-2H3,(H,13,17).